The number of aryl methyl sites for hydroxylation is 1. The number of para-hydroxylation sites is 1. The molecule has 0 bridgehead atoms. The van der Waals surface area contributed by atoms with Gasteiger partial charge in [-0.25, -0.2) is 0 Å². The monoisotopic (exact) mass is 413 g/mol. The van der Waals surface area contributed by atoms with Crippen LogP contribution in [0.15, 0.2) is 29.1 Å². The van der Waals surface area contributed by atoms with Crippen LogP contribution in [-0.2, 0) is 11.8 Å². The number of nitrogens with zero attached hydrogens (tertiary/aromatic N) is 2. The lowest BCUT2D eigenvalue weighted by molar-refractivity contribution is -0.127. The van der Waals surface area contributed by atoms with Gasteiger partial charge in [0.15, 0.2) is 5.75 Å². The van der Waals surface area contributed by atoms with Crippen molar-refractivity contribution in [1.29, 1.82) is 0 Å². The number of amides is 2. The number of hydrogen-bond donors (Lipinski definition) is 1. The van der Waals surface area contributed by atoms with Crippen molar-refractivity contribution in [3.8, 4) is 5.75 Å². The van der Waals surface area contributed by atoms with E-state index >= 15 is 0 Å². The van der Waals surface area contributed by atoms with Crippen LogP contribution in [0, 0.1) is 0 Å². The minimum Gasteiger partial charge on any atom is -0.494 e. The van der Waals surface area contributed by atoms with Gasteiger partial charge in [-0.15, -0.1) is 11.3 Å². The normalized spacial score (nSPS) is 14.1. The van der Waals surface area contributed by atoms with Gasteiger partial charge in [-0.1, -0.05) is 18.2 Å². The predicted octanol–water partition coefficient (Wildman–Crippen LogP) is 2.50. The number of carbonyl (C=O) groups excluding carboxylic acids is 2. The standard InChI is InChI=1S/C21H23N3O4S/c1-23-14-8-4-3-7-13(14)18-16(21(23)27)17(28-2)19(29-18)20(26)22-10-6-12-24-11-5-9-15(24)25/h3-4,7-8H,5-6,9-12H2,1-2H3,(H,22,26). The summed E-state index contributed by atoms with van der Waals surface area (Å²) < 4.78 is 7.83. The van der Waals surface area contributed by atoms with E-state index in [2.05, 4.69) is 5.32 Å². The predicted molar refractivity (Wildman–Crippen MR) is 114 cm³/mol. The van der Waals surface area contributed by atoms with Crippen molar-refractivity contribution in [2.24, 2.45) is 7.05 Å². The third kappa shape index (κ3) is 3.37. The van der Waals surface area contributed by atoms with Crippen LogP contribution in [0.2, 0.25) is 0 Å². The van der Waals surface area contributed by atoms with Crippen molar-refractivity contribution < 1.29 is 14.3 Å². The van der Waals surface area contributed by atoms with E-state index < -0.39 is 0 Å². The highest BCUT2D eigenvalue weighted by molar-refractivity contribution is 7.22. The second-order valence-corrected chi connectivity index (χ2v) is 8.16. The average molecular weight is 413 g/mol. The van der Waals surface area contributed by atoms with E-state index in [0.29, 0.717) is 41.9 Å². The number of ether oxygens (including phenoxy) is 1. The molecule has 1 fully saturated rings. The molecule has 1 aliphatic rings. The number of methoxy groups -OCH3 is 1. The molecule has 1 aliphatic heterocycles. The average Bonchev–Trinajstić information content (AvgIpc) is 3.32. The molecule has 0 saturated carbocycles. The highest BCUT2D eigenvalue weighted by Gasteiger charge is 2.24. The Morgan fingerprint density at radius 3 is 2.79 bits per heavy atom. The van der Waals surface area contributed by atoms with Gasteiger partial charge in [0.1, 0.15) is 10.3 Å². The van der Waals surface area contributed by atoms with Crippen LogP contribution in [0.4, 0.5) is 0 Å². The fourth-order valence-corrected chi connectivity index (χ4v) is 5.08. The molecule has 2 aromatic heterocycles. The lowest BCUT2D eigenvalue weighted by atomic mass is 10.1. The number of rotatable bonds is 6. The molecule has 1 N–H and O–H groups in total. The molecule has 3 aromatic rings. The van der Waals surface area contributed by atoms with Crippen LogP contribution in [0.1, 0.15) is 28.9 Å². The first-order valence-electron chi connectivity index (χ1n) is 9.67. The summed E-state index contributed by atoms with van der Waals surface area (Å²) in [7, 11) is 3.20. The van der Waals surface area contributed by atoms with Crippen molar-refractivity contribution in [3.63, 3.8) is 0 Å². The number of hydrogen-bond acceptors (Lipinski definition) is 5. The maximum atomic E-state index is 12.9. The van der Waals surface area contributed by atoms with Crippen LogP contribution in [0.3, 0.4) is 0 Å². The van der Waals surface area contributed by atoms with E-state index in [1.165, 1.54) is 18.4 Å². The van der Waals surface area contributed by atoms with Crippen LogP contribution in [0.5, 0.6) is 5.75 Å². The molecule has 8 heteroatoms. The van der Waals surface area contributed by atoms with Crippen LogP contribution < -0.4 is 15.6 Å². The molecule has 29 heavy (non-hydrogen) atoms. The lowest BCUT2D eigenvalue weighted by Crippen LogP contribution is -2.30. The molecule has 7 nitrogen and oxygen atoms in total. The molecule has 2 amide bonds. The number of carbonyl (C=O) groups is 2. The molecular weight excluding hydrogens is 390 g/mol. The van der Waals surface area contributed by atoms with Gasteiger partial charge >= 0.3 is 0 Å². The van der Waals surface area contributed by atoms with E-state index in [1.54, 1.807) is 11.6 Å². The highest BCUT2D eigenvalue weighted by Crippen LogP contribution is 2.39. The number of nitrogens with one attached hydrogen (secondary N) is 1. The molecule has 0 unspecified atom stereocenters. The first-order valence-corrected chi connectivity index (χ1v) is 10.5. The number of fused-ring (bicyclic) bond motifs is 3. The Balaban J connectivity index is 1.61. The second kappa shape index (κ2) is 7.87. The number of benzene rings is 1. The maximum Gasteiger partial charge on any atom is 0.265 e. The van der Waals surface area contributed by atoms with E-state index in [-0.39, 0.29) is 17.4 Å². The first kappa shape index (κ1) is 19.4. The summed E-state index contributed by atoms with van der Waals surface area (Å²) in [4.78, 5) is 39.6. The van der Waals surface area contributed by atoms with Gasteiger partial charge in [-0.2, -0.15) is 0 Å². The van der Waals surface area contributed by atoms with E-state index in [4.69, 9.17) is 4.74 Å². The zero-order valence-corrected chi connectivity index (χ0v) is 17.3. The lowest BCUT2D eigenvalue weighted by Gasteiger charge is -2.15. The van der Waals surface area contributed by atoms with Crippen LogP contribution >= 0.6 is 11.3 Å². The van der Waals surface area contributed by atoms with Crippen molar-refractivity contribution >= 4 is 44.1 Å². The van der Waals surface area contributed by atoms with Crippen molar-refractivity contribution in [2.75, 3.05) is 26.7 Å². The van der Waals surface area contributed by atoms with Gasteiger partial charge in [-0.3, -0.25) is 14.4 Å². The summed E-state index contributed by atoms with van der Waals surface area (Å²) in [6, 6.07) is 7.64. The molecule has 0 spiro atoms. The van der Waals surface area contributed by atoms with Gasteiger partial charge in [0.25, 0.3) is 11.5 Å². The fourth-order valence-electron chi connectivity index (χ4n) is 3.87. The quantitative estimate of drug-likeness (QED) is 0.630. The highest BCUT2D eigenvalue weighted by atomic mass is 32.1. The van der Waals surface area contributed by atoms with Crippen LogP contribution in [-0.4, -0.2) is 48.0 Å². The SMILES string of the molecule is COc1c(C(=O)NCCCN2CCCC2=O)sc2c1c(=O)n(C)c1ccccc21. The molecular formula is C21H23N3O4S. The molecule has 0 atom stereocenters. The Labute approximate surface area is 171 Å². The number of likely N-dealkylation sites (tertiary alicyclic amines) is 1. The Kier molecular flexibility index (Phi) is 5.27. The fraction of sp³-hybridized carbons (Fsp3) is 0.381. The van der Waals surface area contributed by atoms with Gasteiger partial charge in [0, 0.05) is 38.5 Å². The Bertz CT molecular complexity index is 1160. The zero-order valence-electron chi connectivity index (χ0n) is 16.5. The van der Waals surface area contributed by atoms with Crippen molar-refractivity contribution in [2.45, 2.75) is 19.3 Å². The minimum atomic E-state index is -0.262. The van der Waals surface area contributed by atoms with E-state index in [1.807, 2.05) is 29.2 Å². The van der Waals surface area contributed by atoms with Gasteiger partial charge in [0.2, 0.25) is 5.91 Å². The zero-order chi connectivity index (χ0) is 20.5. The smallest absolute Gasteiger partial charge is 0.265 e. The molecule has 0 radical (unpaired) electrons. The van der Waals surface area contributed by atoms with E-state index in [0.717, 1.165) is 28.6 Å². The summed E-state index contributed by atoms with van der Waals surface area (Å²) in [5, 5.41) is 4.25. The summed E-state index contributed by atoms with van der Waals surface area (Å²) in [6.45, 7) is 1.90. The first-order chi connectivity index (χ1) is 14.0. The van der Waals surface area contributed by atoms with Gasteiger partial charge in [-0.05, 0) is 18.9 Å². The molecule has 1 aromatic carbocycles. The number of pyridine rings is 1. The number of aromatic nitrogens is 1. The minimum absolute atomic E-state index is 0.182. The topological polar surface area (TPSA) is 80.6 Å². The molecule has 3 heterocycles. The molecule has 0 aliphatic carbocycles. The molecule has 1 saturated heterocycles. The molecule has 4 rings (SSSR count). The largest absolute Gasteiger partial charge is 0.494 e. The van der Waals surface area contributed by atoms with Gasteiger partial charge < -0.3 is 19.5 Å². The molecule has 152 valence electrons. The van der Waals surface area contributed by atoms with Crippen molar-refractivity contribution in [1.82, 2.24) is 14.8 Å². The Hall–Kier alpha value is -2.87. The Morgan fingerprint density at radius 2 is 2.07 bits per heavy atom. The van der Waals surface area contributed by atoms with Crippen LogP contribution in [0.25, 0.3) is 21.0 Å². The summed E-state index contributed by atoms with van der Waals surface area (Å²) in [5.41, 5.74) is 0.634. The van der Waals surface area contributed by atoms with Crippen molar-refractivity contribution in [3.05, 3.63) is 39.5 Å². The summed E-state index contributed by atoms with van der Waals surface area (Å²) in [5.74, 6) is 0.246. The third-order valence-electron chi connectivity index (χ3n) is 5.37. The Morgan fingerprint density at radius 1 is 1.28 bits per heavy atom. The summed E-state index contributed by atoms with van der Waals surface area (Å²) in [6.07, 6.45) is 2.22. The third-order valence-corrected chi connectivity index (χ3v) is 6.57. The summed E-state index contributed by atoms with van der Waals surface area (Å²) >= 11 is 1.28. The second-order valence-electron chi connectivity index (χ2n) is 7.14. The maximum absolute atomic E-state index is 12.9. The van der Waals surface area contributed by atoms with E-state index in [9.17, 15) is 14.4 Å². The number of thiophene rings is 1. The van der Waals surface area contributed by atoms with Gasteiger partial charge in [0.05, 0.1) is 17.3 Å².